The molecule has 1 atom stereocenters. The van der Waals surface area contributed by atoms with Gasteiger partial charge in [0.1, 0.15) is 11.9 Å². The Hall–Kier alpha value is -2.62. The smallest absolute Gasteiger partial charge is 0.118 e. The third-order valence-corrected chi connectivity index (χ3v) is 6.18. The Balaban J connectivity index is 0.00000149. The summed E-state index contributed by atoms with van der Waals surface area (Å²) in [6.07, 6.45) is 3.57. The minimum absolute atomic E-state index is 0.00271. The summed E-state index contributed by atoms with van der Waals surface area (Å²) in [7, 11) is 2.96. The Morgan fingerprint density at radius 2 is 1.56 bits per heavy atom. The molecule has 1 fully saturated rings. The molecule has 32 heavy (non-hydrogen) atoms. The zero-order valence-corrected chi connectivity index (χ0v) is 19.5. The lowest BCUT2D eigenvalue weighted by atomic mass is 9.97. The van der Waals surface area contributed by atoms with Crippen LogP contribution in [-0.2, 0) is 11.2 Å². The van der Waals surface area contributed by atoms with Gasteiger partial charge in [-0.25, -0.2) is 0 Å². The number of methoxy groups -OCH3 is 1. The van der Waals surface area contributed by atoms with Gasteiger partial charge in [0.25, 0.3) is 0 Å². The van der Waals surface area contributed by atoms with Gasteiger partial charge in [-0.15, -0.1) is 0 Å². The van der Waals surface area contributed by atoms with E-state index in [9.17, 15) is 0 Å². The number of ether oxygens (including phenoxy) is 2. The molecule has 0 spiro atoms. The lowest BCUT2D eigenvalue weighted by Crippen LogP contribution is -2.38. The lowest BCUT2D eigenvalue weighted by molar-refractivity contribution is 0.0266. The second-order valence-electron chi connectivity index (χ2n) is 8.44. The monoisotopic (exact) mass is 433 g/mol. The van der Waals surface area contributed by atoms with Crippen LogP contribution in [0.15, 0.2) is 84.9 Å². The summed E-state index contributed by atoms with van der Waals surface area (Å²) in [6, 6.07) is 29.6. The summed E-state index contributed by atoms with van der Waals surface area (Å²) in [6.45, 7) is 4.21. The molecule has 4 rings (SSSR count). The third kappa shape index (κ3) is 6.69. The topological polar surface area (TPSA) is 21.7 Å². The summed E-state index contributed by atoms with van der Waals surface area (Å²) in [4.78, 5) is 2.60. The van der Waals surface area contributed by atoms with Gasteiger partial charge in [-0.1, -0.05) is 80.2 Å². The molecule has 3 aromatic rings. The van der Waals surface area contributed by atoms with E-state index in [4.69, 9.17) is 10.8 Å². The molecule has 1 aliphatic rings. The molecular formula is C29H37NO2. The maximum atomic E-state index is 6.55. The van der Waals surface area contributed by atoms with Crippen LogP contribution in [-0.4, -0.2) is 38.3 Å². The third-order valence-electron chi connectivity index (χ3n) is 6.18. The van der Waals surface area contributed by atoms with Crippen LogP contribution in [0.25, 0.3) is 0 Å². The molecule has 0 N–H and O–H groups in total. The molecule has 1 heterocycles. The van der Waals surface area contributed by atoms with Gasteiger partial charge >= 0.3 is 0 Å². The van der Waals surface area contributed by atoms with Gasteiger partial charge in [-0.05, 0) is 60.5 Å². The molecule has 1 saturated heterocycles. The Morgan fingerprint density at radius 1 is 0.938 bits per heavy atom. The molecule has 1 unspecified atom stereocenters. The first-order valence-electron chi connectivity index (χ1n) is 12.4. The summed E-state index contributed by atoms with van der Waals surface area (Å²) in [5.41, 5.74) is 3.81. The van der Waals surface area contributed by atoms with Crippen molar-refractivity contribution in [1.82, 2.24) is 4.90 Å². The van der Waals surface area contributed by atoms with Crippen molar-refractivity contribution in [2.45, 2.75) is 32.8 Å². The van der Waals surface area contributed by atoms with E-state index in [-0.39, 0.29) is 6.10 Å². The summed E-state index contributed by atoms with van der Waals surface area (Å²) >= 11 is 0. The van der Waals surface area contributed by atoms with Crippen LogP contribution in [0.3, 0.4) is 0 Å². The van der Waals surface area contributed by atoms with E-state index in [0.717, 1.165) is 31.9 Å². The molecule has 0 aliphatic carbocycles. The van der Waals surface area contributed by atoms with E-state index in [2.05, 4.69) is 89.8 Å². The fraction of sp³-hybridized carbons (Fsp3) is 0.379. The van der Waals surface area contributed by atoms with Gasteiger partial charge in [-0.2, -0.15) is 0 Å². The molecule has 3 nitrogen and oxygen atoms in total. The average Bonchev–Trinajstić information content (AvgIpc) is 2.90. The lowest BCUT2D eigenvalue weighted by Gasteiger charge is -2.33. The Morgan fingerprint density at radius 3 is 2.16 bits per heavy atom. The van der Waals surface area contributed by atoms with Crippen molar-refractivity contribution in [2.24, 2.45) is 5.92 Å². The quantitative estimate of drug-likeness (QED) is 0.390. The first kappa shape index (κ1) is 22.6. The van der Waals surface area contributed by atoms with Crippen LogP contribution in [0.1, 0.15) is 44.4 Å². The summed E-state index contributed by atoms with van der Waals surface area (Å²) in [5, 5.41) is 0. The Labute approximate surface area is 195 Å². The van der Waals surface area contributed by atoms with Crippen LogP contribution in [0, 0.1) is 5.92 Å². The van der Waals surface area contributed by atoms with Crippen LogP contribution < -0.4 is 4.74 Å². The van der Waals surface area contributed by atoms with E-state index in [1.807, 2.05) is 0 Å². The molecule has 1 aliphatic heterocycles. The fourth-order valence-electron chi connectivity index (χ4n) is 4.44. The molecule has 3 heteroatoms. The van der Waals surface area contributed by atoms with Crippen molar-refractivity contribution in [1.29, 1.82) is 0 Å². The molecular weight excluding hydrogens is 394 g/mol. The number of piperidine rings is 1. The SMILES string of the molecule is COc1ccc(CCN2CCCC(COC(c3ccccc3)c3ccccc3)C2)cc1.[3H]C. The maximum absolute atomic E-state index is 6.55. The number of hydrogen-bond acceptors (Lipinski definition) is 3. The largest absolute Gasteiger partial charge is 0.497 e. The molecule has 0 amide bonds. The summed E-state index contributed by atoms with van der Waals surface area (Å²) < 4.78 is 17.6. The van der Waals surface area contributed by atoms with Crippen molar-refractivity contribution < 1.29 is 10.8 Å². The number of benzene rings is 3. The molecule has 0 aromatic heterocycles. The van der Waals surface area contributed by atoms with Crippen molar-refractivity contribution in [3.8, 4) is 5.75 Å². The highest BCUT2D eigenvalue weighted by atomic mass is 16.5. The average molecular weight is 434 g/mol. The number of likely N-dealkylation sites (tertiary alicyclic amines) is 1. The zero-order chi connectivity index (χ0) is 23.3. The van der Waals surface area contributed by atoms with Crippen LogP contribution in [0.2, 0.25) is 0 Å². The minimum atomic E-state index is -0.00271. The van der Waals surface area contributed by atoms with Gasteiger partial charge in [0, 0.05) is 14.5 Å². The summed E-state index contributed by atoms with van der Waals surface area (Å²) in [5.74, 6) is 1.50. The van der Waals surface area contributed by atoms with Gasteiger partial charge in [-0.3, -0.25) is 0 Å². The molecule has 170 valence electrons. The van der Waals surface area contributed by atoms with Crippen LogP contribution in [0.5, 0.6) is 5.75 Å². The Bertz CT molecular complexity index is 862. The number of rotatable bonds is 9. The molecule has 3 aromatic carbocycles. The van der Waals surface area contributed by atoms with Crippen molar-refractivity contribution >= 4 is 0 Å². The standard InChI is InChI=1S/C28H33NO2.CH4/c1-30-27-16-14-23(15-17-27)18-20-29-19-8-9-24(21-29)22-31-28(25-10-4-2-5-11-25)26-12-6-3-7-13-26;/h2-7,10-17,24,28H,8-9,18-22H2,1H3;1H4/i;1T. The number of hydrogen-bond donors (Lipinski definition) is 0. The fourth-order valence-corrected chi connectivity index (χ4v) is 4.44. The van der Waals surface area contributed by atoms with Crippen molar-refractivity contribution in [2.75, 3.05) is 33.4 Å². The predicted molar refractivity (Wildman–Crippen MR) is 133 cm³/mol. The molecule has 0 saturated carbocycles. The van der Waals surface area contributed by atoms with E-state index in [0.29, 0.717) is 5.92 Å². The first-order chi connectivity index (χ1) is 16.3. The normalized spacial score (nSPS) is 16.7. The first-order valence-corrected chi connectivity index (χ1v) is 11.4. The highest BCUT2D eigenvalue weighted by molar-refractivity contribution is 5.30. The van der Waals surface area contributed by atoms with Crippen LogP contribution in [0.4, 0.5) is 0 Å². The number of nitrogens with zero attached hydrogens (tertiary/aromatic N) is 1. The molecule has 0 bridgehead atoms. The van der Waals surface area contributed by atoms with E-state index in [1.165, 1.54) is 43.5 Å². The van der Waals surface area contributed by atoms with Crippen molar-refractivity contribution in [3.05, 3.63) is 102 Å². The van der Waals surface area contributed by atoms with Gasteiger partial charge < -0.3 is 14.4 Å². The van der Waals surface area contributed by atoms with Crippen LogP contribution >= 0.6 is 0 Å². The van der Waals surface area contributed by atoms with E-state index >= 15 is 0 Å². The highest BCUT2D eigenvalue weighted by Gasteiger charge is 2.22. The van der Waals surface area contributed by atoms with E-state index in [1.54, 1.807) is 7.11 Å². The van der Waals surface area contributed by atoms with Crippen molar-refractivity contribution in [3.63, 3.8) is 0 Å². The molecule has 0 radical (unpaired) electrons. The minimum Gasteiger partial charge on any atom is -0.497 e. The van der Waals surface area contributed by atoms with E-state index < -0.39 is 0 Å². The second kappa shape index (κ2) is 12.4. The highest BCUT2D eigenvalue weighted by Crippen LogP contribution is 2.28. The van der Waals surface area contributed by atoms with Gasteiger partial charge in [0.05, 0.1) is 13.7 Å². The van der Waals surface area contributed by atoms with Gasteiger partial charge in [0.15, 0.2) is 0 Å². The Kier molecular flexibility index (Phi) is 8.76. The zero-order valence-electron chi connectivity index (χ0n) is 20.5. The second-order valence-corrected chi connectivity index (χ2v) is 8.44. The maximum Gasteiger partial charge on any atom is 0.118 e. The van der Waals surface area contributed by atoms with Gasteiger partial charge in [0.2, 0.25) is 0 Å². The predicted octanol–water partition coefficient (Wildman–Crippen LogP) is 6.39.